The van der Waals surface area contributed by atoms with Crippen LogP contribution in [0.1, 0.15) is 11.1 Å². The lowest BCUT2D eigenvalue weighted by Crippen LogP contribution is -2.00. The third-order valence-corrected chi connectivity index (χ3v) is 3.65. The van der Waals surface area contributed by atoms with Gasteiger partial charge in [0.25, 0.3) is 0 Å². The topological polar surface area (TPSA) is 50.9 Å². The Morgan fingerprint density at radius 3 is 2.67 bits per heavy atom. The average molecular weight is 281 g/mol. The molecule has 0 bridgehead atoms. The van der Waals surface area contributed by atoms with Crippen molar-refractivity contribution in [3.8, 4) is 0 Å². The van der Waals surface area contributed by atoms with E-state index in [9.17, 15) is 4.39 Å². The lowest BCUT2D eigenvalue weighted by atomic mass is 10.1. The molecule has 1 heterocycles. The summed E-state index contributed by atoms with van der Waals surface area (Å²) in [4.78, 5) is 4.26. The number of pyridine rings is 1. The van der Waals surface area contributed by atoms with Crippen molar-refractivity contribution in [3.63, 3.8) is 0 Å². The van der Waals surface area contributed by atoms with E-state index in [2.05, 4.69) is 10.3 Å². The van der Waals surface area contributed by atoms with Gasteiger partial charge in [-0.25, -0.2) is 4.39 Å². The summed E-state index contributed by atoms with van der Waals surface area (Å²) >= 11 is 0. The largest absolute Gasteiger partial charge is 0.398 e. The monoisotopic (exact) mass is 281 g/mol. The molecule has 0 aliphatic carbocycles. The van der Waals surface area contributed by atoms with Crippen LogP contribution in [0.3, 0.4) is 0 Å². The molecular formula is C17H16FN3. The van der Waals surface area contributed by atoms with Gasteiger partial charge in [0.15, 0.2) is 5.82 Å². The van der Waals surface area contributed by atoms with Gasteiger partial charge in [-0.3, -0.25) is 4.98 Å². The zero-order valence-corrected chi connectivity index (χ0v) is 11.9. The van der Waals surface area contributed by atoms with Gasteiger partial charge in [-0.2, -0.15) is 0 Å². The Kier molecular flexibility index (Phi) is 3.22. The minimum Gasteiger partial charge on any atom is -0.398 e. The fourth-order valence-electron chi connectivity index (χ4n) is 2.32. The van der Waals surface area contributed by atoms with E-state index in [4.69, 9.17) is 5.73 Å². The Morgan fingerprint density at radius 2 is 1.90 bits per heavy atom. The van der Waals surface area contributed by atoms with Gasteiger partial charge in [-0.1, -0.05) is 6.07 Å². The van der Waals surface area contributed by atoms with Gasteiger partial charge in [0.1, 0.15) is 5.69 Å². The molecule has 0 saturated carbocycles. The number of anilines is 3. The summed E-state index contributed by atoms with van der Waals surface area (Å²) in [5.74, 6) is -0.406. The van der Waals surface area contributed by atoms with Crippen molar-refractivity contribution in [2.24, 2.45) is 0 Å². The molecule has 3 N–H and O–H groups in total. The van der Waals surface area contributed by atoms with Crippen LogP contribution in [0.5, 0.6) is 0 Å². The Morgan fingerprint density at radius 1 is 1.10 bits per heavy atom. The quantitative estimate of drug-likeness (QED) is 0.688. The number of nitrogens with zero attached hydrogens (tertiary/aromatic N) is 1. The molecule has 0 spiro atoms. The van der Waals surface area contributed by atoms with Crippen molar-refractivity contribution in [3.05, 3.63) is 59.5 Å². The summed E-state index contributed by atoms with van der Waals surface area (Å²) in [6, 6.07) is 10.9. The van der Waals surface area contributed by atoms with E-state index in [1.54, 1.807) is 12.3 Å². The molecule has 0 fully saturated rings. The number of halogens is 1. The van der Waals surface area contributed by atoms with Crippen molar-refractivity contribution in [2.45, 2.75) is 13.8 Å². The number of aromatic nitrogens is 1. The first-order chi connectivity index (χ1) is 10.1. The summed E-state index contributed by atoms with van der Waals surface area (Å²) in [7, 11) is 0. The molecule has 3 rings (SSSR count). The lowest BCUT2D eigenvalue weighted by molar-refractivity contribution is 0.634. The van der Waals surface area contributed by atoms with E-state index >= 15 is 0 Å². The van der Waals surface area contributed by atoms with Gasteiger partial charge in [0, 0.05) is 23.0 Å². The first kappa shape index (κ1) is 13.4. The molecule has 0 amide bonds. The van der Waals surface area contributed by atoms with Crippen LogP contribution in [-0.2, 0) is 0 Å². The van der Waals surface area contributed by atoms with Crippen molar-refractivity contribution in [2.75, 3.05) is 11.1 Å². The minimum atomic E-state index is -0.406. The van der Waals surface area contributed by atoms with E-state index in [1.807, 2.05) is 38.1 Å². The predicted octanol–water partition coefficient (Wildman–Crippen LogP) is 4.32. The maximum atomic E-state index is 14.3. The van der Waals surface area contributed by atoms with Crippen LogP contribution in [0.2, 0.25) is 0 Å². The molecule has 0 atom stereocenters. The number of nitrogen functional groups attached to an aromatic ring is 1. The van der Waals surface area contributed by atoms with Gasteiger partial charge in [0.05, 0.1) is 5.52 Å². The van der Waals surface area contributed by atoms with E-state index in [0.717, 1.165) is 16.6 Å². The summed E-state index contributed by atoms with van der Waals surface area (Å²) in [5.41, 5.74) is 10.3. The van der Waals surface area contributed by atoms with Gasteiger partial charge >= 0.3 is 0 Å². The zero-order valence-electron chi connectivity index (χ0n) is 11.9. The molecule has 106 valence electrons. The van der Waals surface area contributed by atoms with E-state index in [1.165, 1.54) is 11.6 Å². The Labute approximate surface area is 122 Å². The van der Waals surface area contributed by atoms with Crippen LogP contribution in [-0.4, -0.2) is 4.98 Å². The maximum Gasteiger partial charge on any atom is 0.150 e. The van der Waals surface area contributed by atoms with Crippen LogP contribution >= 0.6 is 0 Å². The Balaban J connectivity index is 2.14. The van der Waals surface area contributed by atoms with E-state index < -0.39 is 5.82 Å². The number of rotatable bonds is 2. The summed E-state index contributed by atoms with van der Waals surface area (Å²) in [5, 5.41) is 3.86. The highest BCUT2D eigenvalue weighted by Crippen LogP contribution is 2.32. The van der Waals surface area contributed by atoms with E-state index in [0.29, 0.717) is 16.9 Å². The van der Waals surface area contributed by atoms with Crippen LogP contribution in [0.25, 0.3) is 10.9 Å². The highest BCUT2D eigenvalue weighted by atomic mass is 19.1. The number of nitrogens with one attached hydrogen (secondary N) is 1. The molecule has 0 unspecified atom stereocenters. The summed E-state index contributed by atoms with van der Waals surface area (Å²) in [6.45, 7) is 4.07. The molecule has 2 aromatic carbocycles. The van der Waals surface area contributed by atoms with Gasteiger partial charge in [0.2, 0.25) is 0 Å². The van der Waals surface area contributed by atoms with Crippen LogP contribution in [0.4, 0.5) is 21.5 Å². The van der Waals surface area contributed by atoms with Crippen LogP contribution in [0.15, 0.2) is 42.6 Å². The fraction of sp³-hybridized carbons (Fsp3) is 0.118. The lowest BCUT2D eigenvalue weighted by Gasteiger charge is -2.13. The van der Waals surface area contributed by atoms with Gasteiger partial charge < -0.3 is 11.1 Å². The molecular weight excluding hydrogens is 265 g/mol. The predicted molar refractivity (Wildman–Crippen MR) is 85.3 cm³/mol. The molecule has 4 heteroatoms. The average Bonchev–Trinajstić information content (AvgIpc) is 2.47. The third kappa shape index (κ3) is 2.40. The van der Waals surface area contributed by atoms with Crippen molar-refractivity contribution >= 4 is 28.0 Å². The van der Waals surface area contributed by atoms with E-state index in [-0.39, 0.29) is 0 Å². The Bertz CT molecular complexity index is 828. The second-order valence-corrected chi connectivity index (χ2v) is 5.15. The number of benzene rings is 2. The highest BCUT2D eigenvalue weighted by Gasteiger charge is 2.12. The van der Waals surface area contributed by atoms with Crippen LogP contribution in [0, 0.1) is 19.7 Å². The molecule has 1 aromatic heterocycles. The number of aryl methyl sites for hydroxylation is 2. The Hall–Kier alpha value is -2.62. The second kappa shape index (κ2) is 5.05. The SMILES string of the molecule is Cc1ccc(Nc2c(F)cc(N)c3cccnc23)cc1C. The number of nitrogens with two attached hydrogens (primary N) is 1. The number of hydrogen-bond acceptors (Lipinski definition) is 3. The first-order valence-corrected chi connectivity index (χ1v) is 6.73. The first-order valence-electron chi connectivity index (χ1n) is 6.73. The third-order valence-electron chi connectivity index (χ3n) is 3.65. The molecule has 0 saturated heterocycles. The van der Waals surface area contributed by atoms with Crippen molar-refractivity contribution in [1.29, 1.82) is 0 Å². The second-order valence-electron chi connectivity index (χ2n) is 5.15. The smallest absolute Gasteiger partial charge is 0.150 e. The highest BCUT2D eigenvalue weighted by molar-refractivity contribution is 5.99. The number of fused-ring (bicyclic) bond motifs is 1. The maximum absolute atomic E-state index is 14.3. The van der Waals surface area contributed by atoms with Crippen molar-refractivity contribution < 1.29 is 4.39 Å². The summed E-state index contributed by atoms with van der Waals surface area (Å²) < 4.78 is 14.3. The molecule has 0 radical (unpaired) electrons. The van der Waals surface area contributed by atoms with Gasteiger partial charge in [-0.05, 0) is 55.3 Å². The standard InChI is InChI=1S/C17H16FN3/c1-10-5-6-12(8-11(10)2)21-17-14(18)9-15(19)13-4-3-7-20-16(13)17/h3-9,21H,19H2,1-2H3. The van der Waals surface area contributed by atoms with Crippen LogP contribution < -0.4 is 11.1 Å². The molecule has 21 heavy (non-hydrogen) atoms. The zero-order chi connectivity index (χ0) is 15.0. The summed E-state index contributed by atoms with van der Waals surface area (Å²) in [6.07, 6.45) is 1.63. The normalized spacial score (nSPS) is 10.8. The molecule has 0 aliphatic heterocycles. The molecule has 0 aliphatic rings. The minimum absolute atomic E-state index is 0.350. The van der Waals surface area contributed by atoms with Gasteiger partial charge in [-0.15, -0.1) is 0 Å². The van der Waals surface area contributed by atoms with Crippen molar-refractivity contribution in [1.82, 2.24) is 4.98 Å². The molecule has 3 aromatic rings. The fourth-order valence-corrected chi connectivity index (χ4v) is 2.32. The number of hydrogen-bond donors (Lipinski definition) is 2. The molecule has 3 nitrogen and oxygen atoms in total.